The van der Waals surface area contributed by atoms with Crippen LogP contribution in [0.25, 0.3) is 10.8 Å². The summed E-state index contributed by atoms with van der Waals surface area (Å²) in [7, 11) is 1.58. The van der Waals surface area contributed by atoms with Gasteiger partial charge in [0.2, 0.25) is 5.91 Å². The van der Waals surface area contributed by atoms with E-state index in [2.05, 4.69) is 28.8 Å². The average molecular weight is 581 g/mol. The normalized spacial score (nSPS) is 11.2. The van der Waals surface area contributed by atoms with Crippen molar-refractivity contribution < 1.29 is 14.3 Å². The number of nitrogens with one attached hydrogen (secondary N) is 3. The van der Waals surface area contributed by atoms with Crippen LogP contribution in [0.4, 0.5) is 5.69 Å². The van der Waals surface area contributed by atoms with E-state index in [4.69, 9.17) is 20.6 Å². The van der Waals surface area contributed by atoms with Crippen LogP contribution in [0.1, 0.15) is 28.3 Å². The molecule has 7 nitrogen and oxygen atoms in total. The second-order valence-corrected chi connectivity index (χ2v) is 9.61. The molecule has 0 aliphatic heterocycles. The van der Waals surface area contributed by atoms with Gasteiger partial charge in [-0.2, -0.15) is 0 Å². The molecule has 42 heavy (non-hydrogen) atoms. The molecule has 0 aliphatic rings. The number of carbonyl (C=O) groups is 1. The minimum Gasteiger partial charge on any atom is -0.493 e. The Morgan fingerprint density at radius 2 is 1.57 bits per heavy atom. The molecule has 214 valence electrons. The monoisotopic (exact) mass is 580 g/mol. The van der Waals surface area contributed by atoms with Crippen LogP contribution < -0.4 is 25.8 Å². The highest BCUT2D eigenvalue weighted by molar-refractivity contribution is 5.95. The Morgan fingerprint density at radius 3 is 2.31 bits per heavy atom. The molecule has 1 atom stereocenters. The molecule has 1 amide bonds. The number of halogens is 1. The predicted octanol–water partition coefficient (Wildman–Crippen LogP) is 6.60. The van der Waals surface area contributed by atoms with Gasteiger partial charge in [-0.05, 0) is 63.9 Å². The number of nitrogen functional groups attached to an aromatic ring is 1. The number of rotatable bonds is 11. The highest BCUT2D eigenvalue weighted by Gasteiger charge is 2.23. The maximum Gasteiger partial charge on any atom is 0.247 e. The molecule has 1 unspecified atom stereocenters. The first-order valence-electron chi connectivity index (χ1n) is 13.3. The molecule has 8 heteroatoms. The van der Waals surface area contributed by atoms with Gasteiger partial charge >= 0.3 is 0 Å². The van der Waals surface area contributed by atoms with Crippen LogP contribution >= 0.6 is 12.4 Å². The van der Waals surface area contributed by atoms with Crippen molar-refractivity contribution in [1.29, 1.82) is 5.41 Å². The number of hydrogen-bond acceptors (Lipinski definition) is 5. The second kappa shape index (κ2) is 14.1. The third-order valence-corrected chi connectivity index (χ3v) is 6.86. The van der Waals surface area contributed by atoms with Crippen LogP contribution in [-0.4, -0.2) is 18.9 Å². The van der Waals surface area contributed by atoms with Crippen molar-refractivity contribution >= 4 is 40.6 Å². The fourth-order valence-corrected chi connectivity index (χ4v) is 4.66. The van der Waals surface area contributed by atoms with E-state index in [9.17, 15) is 4.79 Å². The van der Waals surface area contributed by atoms with Gasteiger partial charge in [0.25, 0.3) is 0 Å². The molecule has 0 saturated carbocycles. The lowest BCUT2D eigenvalue weighted by molar-refractivity contribution is -0.122. The summed E-state index contributed by atoms with van der Waals surface area (Å²) in [5.41, 5.74) is 9.72. The second-order valence-electron chi connectivity index (χ2n) is 9.61. The molecule has 0 radical (unpaired) electrons. The van der Waals surface area contributed by atoms with E-state index < -0.39 is 6.04 Å². The molecule has 0 aromatic heterocycles. The van der Waals surface area contributed by atoms with Crippen molar-refractivity contribution in [3.05, 3.63) is 138 Å². The summed E-state index contributed by atoms with van der Waals surface area (Å²) in [6, 6.07) is 36.0. The van der Waals surface area contributed by atoms with Crippen molar-refractivity contribution in [3.8, 4) is 11.5 Å². The molecule has 5 rings (SSSR count). The van der Waals surface area contributed by atoms with Crippen LogP contribution in [0.2, 0.25) is 0 Å². The van der Waals surface area contributed by atoms with Crippen LogP contribution in [0.5, 0.6) is 11.5 Å². The largest absolute Gasteiger partial charge is 0.493 e. The molecule has 0 heterocycles. The molecule has 0 spiro atoms. The summed E-state index contributed by atoms with van der Waals surface area (Å²) in [5.74, 6) is 0.894. The van der Waals surface area contributed by atoms with Crippen molar-refractivity contribution in [3.63, 3.8) is 0 Å². The topological polar surface area (TPSA) is 109 Å². The zero-order chi connectivity index (χ0) is 28.6. The van der Waals surface area contributed by atoms with Gasteiger partial charge in [-0.15, -0.1) is 12.4 Å². The van der Waals surface area contributed by atoms with Gasteiger partial charge in [0.05, 0.1) is 7.11 Å². The maximum absolute atomic E-state index is 13.7. The van der Waals surface area contributed by atoms with E-state index in [1.54, 1.807) is 31.4 Å². The summed E-state index contributed by atoms with van der Waals surface area (Å²) in [4.78, 5) is 13.7. The number of nitrogens with two attached hydrogens (primary N) is 1. The van der Waals surface area contributed by atoms with Gasteiger partial charge < -0.3 is 25.8 Å². The Labute approximate surface area is 251 Å². The maximum atomic E-state index is 13.7. The Bertz CT molecular complexity index is 1650. The lowest BCUT2D eigenvalue weighted by atomic mass is 10.0. The van der Waals surface area contributed by atoms with Crippen molar-refractivity contribution in [2.45, 2.75) is 19.2 Å². The Kier molecular flexibility index (Phi) is 10.0. The number of hydrogen-bond donors (Lipinski definition) is 4. The molecule has 5 N–H and O–H groups in total. The zero-order valence-electron chi connectivity index (χ0n) is 23.2. The van der Waals surface area contributed by atoms with Crippen molar-refractivity contribution in [1.82, 2.24) is 5.32 Å². The van der Waals surface area contributed by atoms with Gasteiger partial charge in [-0.25, -0.2) is 0 Å². The molecule has 5 aromatic carbocycles. The predicted molar refractivity (Wildman–Crippen MR) is 171 cm³/mol. The minimum atomic E-state index is -0.731. The van der Waals surface area contributed by atoms with Crippen LogP contribution in [0.15, 0.2) is 115 Å². The number of methoxy groups -OCH3 is 1. The Hall–Kier alpha value is -5.01. The number of fused-ring (bicyclic) bond motifs is 1. The number of ether oxygens (including phenoxy) is 2. The summed E-state index contributed by atoms with van der Waals surface area (Å²) in [5, 5.41) is 16.3. The first-order chi connectivity index (χ1) is 20.0. The summed E-state index contributed by atoms with van der Waals surface area (Å²) in [6.07, 6.45) is 0. The van der Waals surface area contributed by atoms with E-state index in [1.807, 2.05) is 72.8 Å². The quantitative estimate of drug-likeness (QED) is 0.104. The lowest BCUT2D eigenvalue weighted by Crippen LogP contribution is -2.33. The number of amides is 1. The average Bonchev–Trinajstić information content (AvgIpc) is 3.02. The number of amidine groups is 1. The molecule has 0 saturated heterocycles. The molecular formula is C34H33ClN4O3. The van der Waals surface area contributed by atoms with Gasteiger partial charge in [0.15, 0.2) is 11.5 Å². The van der Waals surface area contributed by atoms with E-state index >= 15 is 0 Å². The van der Waals surface area contributed by atoms with E-state index in [0.29, 0.717) is 41.5 Å². The van der Waals surface area contributed by atoms with Crippen LogP contribution in [0, 0.1) is 5.41 Å². The number of anilines is 1. The molecule has 0 fully saturated rings. The van der Waals surface area contributed by atoms with E-state index in [-0.39, 0.29) is 24.1 Å². The van der Waals surface area contributed by atoms with E-state index in [1.165, 1.54) is 0 Å². The van der Waals surface area contributed by atoms with E-state index in [0.717, 1.165) is 21.9 Å². The van der Waals surface area contributed by atoms with Crippen LogP contribution in [-0.2, 0) is 17.9 Å². The van der Waals surface area contributed by atoms with Crippen molar-refractivity contribution in [2.75, 3.05) is 12.4 Å². The standard InChI is InChI=1S/C34H32N4O3.ClH/c1-40-31-20-26(16-19-30(31)41-22-23-8-3-2-4-9-23)32(38-28-17-14-25(15-18-28)33(35)36)34(39)37-21-27-12-7-11-24-10-5-6-13-29(24)27;/h2-20,32,38H,21-22H2,1H3,(H3,35,36)(H,37,39);1H. The molecule has 0 bridgehead atoms. The minimum absolute atomic E-state index is 0. The number of benzene rings is 5. The fourth-order valence-electron chi connectivity index (χ4n) is 4.66. The van der Waals surface area contributed by atoms with Crippen molar-refractivity contribution in [2.24, 2.45) is 5.73 Å². The Balaban J connectivity index is 0.00000405. The first kappa shape index (κ1) is 30.0. The first-order valence-corrected chi connectivity index (χ1v) is 13.3. The smallest absolute Gasteiger partial charge is 0.247 e. The van der Waals surface area contributed by atoms with Gasteiger partial charge in [0, 0.05) is 17.8 Å². The summed E-state index contributed by atoms with van der Waals surface area (Å²) < 4.78 is 11.7. The van der Waals surface area contributed by atoms with Gasteiger partial charge in [0.1, 0.15) is 18.5 Å². The summed E-state index contributed by atoms with van der Waals surface area (Å²) >= 11 is 0. The number of carbonyl (C=O) groups excluding carboxylic acids is 1. The highest BCUT2D eigenvalue weighted by atomic mass is 35.5. The fraction of sp³-hybridized carbons (Fsp3) is 0.118. The van der Waals surface area contributed by atoms with Gasteiger partial charge in [-0.3, -0.25) is 10.2 Å². The lowest BCUT2D eigenvalue weighted by Gasteiger charge is -2.22. The molecular weight excluding hydrogens is 548 g/mol. The third kappa shape index (κ3) is 7.19. The molecule has 0 aliphatic carbocycles. The highest BCUT2D eigenvalue weighted by Crippen LogP contribution is 2.32. The van der Waals surface area contributed by atoms with Gasteiger partial charge in [-0.1, -0.05) is 78.9 Å². The van der Waals surface area contributed by atoms with Crippen LogP contribution in [0.3, 0.4) is 0 Å². The SMILES string of the molecule is COc1cc(C(Nc2ccc(C(=N)N)cc2)C(=O)NCc2cccc3ccccc23)ccc1OCc1ccccc1.Cl. The third-order valence-electron chi connectivity index (χ3n) is 6.86. The zero-order valence-corrected chi connectivity index (χ0v) is 24.0. The summed E-state index contributed by atoms with van der Waals surface area (Å²) in [6.45, 7) is 0.767. The molecule has 5 aromatic rings. The Morgan fingerprint density at radius 1 is 0.857 bits per heavy atom.